The summed E-state index contributed by atoms with van der Waals surface area (Å²) >= 11 is 6.17. The average molecular weight is 309 g/mol. The van der Waals surface area contributed by atoms with Crippen molar-refractivity contribution in [3.63, 3.8) is 0 Å². The number of rotatable bonds is 5. The van der Waals surface area contributed by atoms with Crippen LogP contribution < -0.4 is 16.2 Å². The van der Waals surface area contributed by atoms with Crippen molar-refractivity contribution in [2.45, 2.75) is 13.0 Å². The highest BCUT2D eigenvalue weighted by Crippen LogP contribution is 2.35. The Hall–Kier alpha value is -2.05. The van der Waals surface area contributed by atoms with Gasteiger partial charge in [0.05, 0.1) is 16.9 Å². The molecule has 1 atom stereocenters. The van der Waals surface area contributed by atoms with Crippen LogP contribution in [0.5, 0.6) is 5.75 Å². The molecule has 0 bridgehead atoms. The lowest BCUT2D eigenvalue weighted by molar-refractivity contribution is 0.100. The lowest BCUT2D eigenvalue weighted by Gasteiger charge is -2.14. The van der Waals surface area contributed by atoms with Crippen molar-refractivity contribution in [2.75, 3.05) is 6.61 Å². The van der Waals surface area contributed by atoms with Gasteiger partial charge in [-0.1, -0.05) is 11.6 Å². The monoisotopic (exact) mass is 308 g/mol. The van der Waals surface area contributed by atoms with E-state index in [0.717, 1.165) is 0 Å². The Morgan fingerprint density at radius 3 is 2.76 bits per heavy atom. The first-order chi connectivity index (χ1) is 9.90. The van der Waals surface area contributed by atoms with E-state index in [-0.39, 0.29) is 6.04 Å². The Labute approximate surface area is 127 Å². The Morgan fingerprint density at radius 1 is 1.52 bits per heavy atom. The van der Waals surface area contributed by atoms with Gasteiger partial charge in [0.15, 0.2) is 0 Å². The van der Waals surface area contributed by atoms with Crippen molar-refractivity contribution in [1.29, 1.82) is 0 Å². The zero-order valence-corrected chi connectivity index (χ0v) is 12.6. The van der Waals surface area contributed by atoms with E-state index in [0.29, 0.717) is 34.2 Å². The number of carbonyl (C=O) groups is 1. The molecule has 1 aromatic heterocycles. The second kappa shape index (κ2) is 6.15. The summed E-state index contributed by atoms with van der Waals surface area (Å²) in [6.07, 6.45) is 1.53. The van der Waals surface area contributed by atoms with Crippen molar-refractivity contribution in [3.05, 3.63) is 35.0 Å². The number of primary amides is 1. The molecular formula is C14H17ClN4O2. The Balaban J connectivity index is 2.53. The zero-order chi connectivity index (χ0) is 15.6. The molecule has 2 aromatic rings. The maximum Gasteiger partial charge on any atom is 0.248 e. The van der Waals surface area contributed by atoms with E-state index >= 15 is 0 Å². The number of aromatic nitrogens is 2. The molecular weight excluding hydrogens is 292 g/mol. The van der Waals surface area contributed by atoms with E-state index in [1.807, 2.05) is 6.92 Å². The van der Waals surface area contributed by atoms with E-state index < -0.39 is 5.91 Å². The molecule has 1 heterocycles. The van der Waals surface area contributed by atoms with E-state index in [1.54, 1.807) is 29.9 Å². The maximum absolute atomic E-state index is 11.4. The number of nitrogens with two attached hydrogens (primary N) is 2. The molecule has 0 aliphatic rings. The first kappa shape index (κ1) is 15.3. The van der Waals surface area contributed by atoms with Crippen LogP contribution in [0.3, 0.4) is 0 Å². The van der Waals surface area contributed by atoms with Gasteiger partial charge in [-0.2, -0.15) is 5.10 Å². The fraction of sp³-hybridized carbons (Fsp3) is 0.286. The lowest BCUT2D eigenvalue weighted by Crippen LogP contribution is -2.24. The normalized spacial score (nSPS) is 12.2. The van der Waals surface area contributed by atoms with Crippen LogP contribution in [0.15, 0.2) is 24.4 Å². The predicted octanol–water partition coefficient (Wildman–Crippen LogP) is 1.57. The molecule has 0 aliphatic carbocycles. The maximum atomic E-state index is 11.4. The fourth-order valence-electron chi connectivity index (χ4n) is 1.93. The van der Waals surface area contributed by atoms with Gasteiger partial charge in [-0.15, -0.1) is 0 Å². The summed E-state index contributed by atoms with van der Waals surface area (Å²) < 4.78 is 7.30. The van der Waals surface area contributed by atoms with Crippen molar-refractivity contribution >= 4 is 17.5 Å². The average Bonchev–Trinajstić information content (AvgIpc) is 2.75. The molecule has 21 heavy (non-hydrogen) atoms. The predicted molar refractivity (Wildman–Crippen MR) is 81.3 cm³/mol. The summed E-state index contributed by atoms with van der Waals surface area (Å²) in [6.45, 7) is 2.19. The molecule has 1 aromatic carbocycles. The number of hydrogen-bond acceptors (Lipinski definition) is 4. The molecule has 0 saturated heterocycles. The molecule has 0 radical (unpaired) electrons. The fourth-order valence-corrected chi connectivity index (χ4v) is 2.20. The molecule has 0 aliphatic heterocycles. The number of halogens is 1. The second-order valence-corrected chi connectivity index (χ2v) is 5.24. The van der Waals surface area contributed by atoms with Crippen LogP contribution in [-0.4, -0.2) is 28.3 Å². The van der Waals surface area contributed by atoms with Gasteiger partial charge in [-0.3, -0.25) is 9.48 Å². The van der Waals surface area contributed by atoms with Gasteiger partial charge in [-0.25, -0.2) is 0 Å². The molecule has 1 unspecified atom stereocenters. The molecule has 0 fully saturated rings. The van der Waals surface area contributed by atoms with Crippen LogP contribution in [0.1, 0.15) is 17.3 Å². The van der Waals surface area contributed by atoms with Crippen molar-refractivity contribution in [1.82, 2.24) is 9.78 Å². The minimum absolute atomic E-state index is 0.115. The van der Waals surface area contributed by atoms with Gasteiger partial charge < -0.3 is 16.2 Å². The summed E-state index contributed by atoms with van der Waals surface area (Å²) in [5.74, 6) is 0.0519. The minimum atomic E-state index is -0.520. The zero-order valence-electron chi connectivity index (χ0n) is 11.8. The van der Waals surface area contributed by atoms with Gasteiger partial charge in [0.1, 0.15) is 12.4 Å². The van der Waals surface area contributed by atoms with Gasteiger partial charge in [-0.05, 0) is 25.1 Å². The number of nitrogens with zero attached hydrogens (tertiary/aromatic N) is 2. The van der Waals surface area contributed by atoms with Crippen LogP contribution in [0.2, 0.25) is 5.02 Å². The summed E-state index contributed by atoms with van der Waals surface area (Å²) in [5.41, 5.74) is 12.7. The number of ether oxygens (including phenoxy) is 1. The summed E-state index contributed by atoms with van der Waals surface area (Å²) in [6, 6.07) is 4.81. The van der Waals surface area contributed by atoms with Crippen LogP contribution >= 0.6 is 11.6 Å². The van der Waals surface area contributed by atoms with Crippen molar-refractivity contribution in [3.8, 4) is 17.0 Å². The van der Waals surface area contributed by atoms with Crippen LogP contribution in [-0.2, 0) is 7.05 Å². The smallest absolute Gasteiger partial charge is 0.248 e. The van der Waals surface area contributed by atoms with Crippen molar-refractivity contribution < 1.29 is 9.53 Å². The summed E-state index contributed by atoms with van der Waals surface area (Å²) in [7, 11) is 1.76. The Bertz CT molecular complexity index is 647. The van der Waals surface area contributed by atoms with Crippen LogP contribution in [0.25, 0.3) is 11.3 Å². The summed E-state index contributed by atoms with van der Waals surface area (Å²) in [4.78, 5) is 11.4. The topological polar surface area (TPSA) is 96.2 Å². The van der Waals surface area contributed by atoms with Crippen molar-refractivity contribution in [2.24, 2.45) is 18.5 Å². The first-order valence-electron chi connectivity index (χ1n) is 6.40. The largest absolute Gasteiger partial charge is 0.491 e. The molecule has 0 saturated carbocycles. The van der Waals surface area contributed by atoms with Gasteiger partial charge in [0, 0.05) is 24.2 Å². The molecule has 0 spiro atoms. The third-order valence-corrected chi connectivity index (χ3v) is 3.19. The van der Waals surface area contributed by atoms with Gasteiger partial charge >= 0.3 is 0 Å². The van der Waals surface area contributed by atoms with E-state index in [1.165, 1.54) is 6.20 Å². The highest BCUT2D eigenvalue weighted by molar-refractivity contribution is 6.33. The number of aryl methyl sites for hydroxylation is 1. The number of carbonyl (C=O) groups excluding carboxylic acids is 1. The number of hydrogen-bond donors (Lipinski definition) is 2. The standard InChI is InChI=1S/C14H17ClN4O2/c1-8(16)7-21-12-4-3-9(14(17)20)5-10(12)13-11(15)6-18-19(13)2/h3-6,8H,7,16H2,1-2H3,(H2,17,20). The molecule has 7 heteroatoms. The molecule has 1 amide bonds. The van der Waals surface area contributed by atoms with Crippen LogP contribution in [0, 0.1) is 0 Å². The lowest BCUT2D eigenvalue weighted by atomic mass is 10.1. The number of amides is 1. The second-order valence-electron chi connectivity index (χ2n) is 4.83. The number of benzene rings is 1. The molecule has 2 rings (SSSR count). The summed E-state index contributed by atoms with van der Waals surface area (Å²) in [5, 5.41) is 4.55. The SMILES string of the molecule is CC(N)COc1ccc(C(N)=O)cc1-c1c(Cl)cnn1C. The Morgan fingerprint density at radius 2 is 2.24 bits per heavy atom. The van der Waals surface area contributed by atoms with E-state index in [2.05, 4.69) is 5.10 Å². The highest BCUT2D eigenvalue weighted by atomic mass is 35.5. The first-order valence-corrected chi connectivity index (χ1v) is 6.78. The quantitative estimate of drug-likeness (QED) is 0.876. The third kappa shape index (κ3) is 3.34. The van der Waals surface area contributed by atoms with E-state index in [4.69, 9.17) is 27.8 Å². The minimum Gasteiger partial charge on any atom is -0.491 e. The highest BCUT2D eigenvalue weighted by Gasteiger charge is 2.17. The molecule has 112 valence electrons. The van der Waals surface area contributed by atoms with Gasteiger partial charge in [0.25, 0.3) is 0 Å². The molecule has 6 nitrogen and oxygen atoms in total. The van der Waals surface area contributed by atoms with Crippen LogP contribution in [0.4, 0.5) is 0 Å². The van der Waals surface area contributed by atoms with E-state index in [9.17, 15) is 4.79 Å². The van der Waals surface area contributed by atoms with Gasteiger partial charge in [0.2, 0.25) is 5.91 Å². The third-order valence-electron chi connectivity index (χ3n) is 2.92. The molecule has 4 N–H and O–H groups in total. The Kier molecular flexibility index (Phi) is 4.50.